The van der Waals surface area contributed by atoms with Gasteiger partial charge in [0.05, 0.1) is 18.3 Å². The number of hydrogen-bond donors (Lipinski definition) is 2. The predicted molar refractivity (Wildman–Crippen MR) is 126 cm³/mol. The molecule has 1 aromatic heterocycles. The number of carbonyl (C=O) groups excluding carboxylic acids is 2. The molecule has 3 aromatic rings. The summed E-state index contributed by atoms with van der Waals surface area (Å²) in [7, 11) is 0. The molecule has 2 aromatic carbocycles. The maximum atomic E-state index is 12.4. The second-order valence-electron chi connectivity index (χ2n) is 7.34. The van der Waals surface area contributed by atoms with E-state index < -0.39 is 0 Å². The zero-order valence-corrected chi connectivity index (χ0v) is 19.1. The molecule has 0 fully saturated rings. The minimum atomic E-state index is -0.176. The quantitative estimate of drug-likeness (QED) is 0.364. The van der Waals surface area contributed by atoms with Crippen molar-refractivity contribution in [3.8, 4) is 0 Å². The van der Waals surface area contributed by atoms with E-state index in [1.165, 1.54) is 11.8 Å². The number of nitrogens with zero attached hydrogens (tertiary/aromatic N) is 3. The van der Waals surface area contributed by atoms with Crippen LogP contribution in [-0.2, 0) is 17.9 Å². The number of benzene rings is 2. The highest BCUT2D eigenvalue weighted by atomic mass is 32.2. The van der Waals surface area contributed by atoms with Gasteiger partial charge in [0, 0.05) is 12.1 Å². The van der Waals surface area contributed by atoms with E-state index in [0.717, 1.165) is 11.1 Å². The van der Waals surface area contributed by atoms with Gasteiger partial charge >= 0.3 is 0 Å². The van der Waals surface area contributed by atoms with E-state index in [9.17, 15) is 9.59 Å². The lowest BCUT2D eigenvalue weighted by molar-refractivity contribution is -0.119. The summed E-state index contributed by atoms with van der Waals surface area (Å²) in [5.41, 5.74) is 2.66. The number of nitrogens with one attached hydrogen (secondary N) is 2. The van der Waals surface area contributed by atoms with Crippen molar-refractivity contribution >= 4 is 23.6 Å². The van der Waals surface area contributed by atoms with E-state index in [1.54, 1.807) is 12.1 Å². The second-order valence-corrected chi connectivity index (χ2v) is 8.28. The molecule has 32 heavy (non-hydrogen) atoms. The fraction of sp³-hybridized carbons (Fsp3) is 0.250. The molecule has 0 aliphatic rings. The van der Waals surface area contributed by atoms with Crippen LogP contribution in [0.5, 0.6) is 0 Å². The van der Waals surface area contributed by atoms with Crippen molar-refractivity contribution in [2.24, 2.45) is 0 Å². The van der Waals surface area contributed by atoms with Crippen LogP contribution in [0.1, 0.15) is 40.3 Å². The van der Waals surface area contributed by atoms with Crippen molar-refractivity contribution in [1.29, 1.82) is 0 Å². The lowest BCUT2D eigenvalue weighted by Gasteiger charge is -2.14. The molecule has 2 N–H and O–H groups in total. The fourth-order valence-corrected chi connectivity index (χ4v) is 3.93. The van der Waals surface area contributed by atoms with Crippen LogP contribution in [0.2, 0.25) is 0 Å². The standard InChI is InChI=1S/C24H27N5O2S/c1-4-13-29-21(15-25-23(31)20-12-8-9-17(2)14-20)27-28-24(29)32-16-22(30)26-18(3)19-10-6-5-7-11-19/h4-12,14,18H,1,13,15-16H2,2-3H3,(H,25,31)(H,26,30)/t18-/m1/s1. The van der Waals surface area contributed by atoms with Crippen molar-refractivity contribution in [1.82, 2.24) is 25.4 Å². The van der Waals surface area contributed by atoms with E-state index in [2.05, 4.69) is 27.4 Å². The maximum absolute atomic E-state index is 12.4. The average Bonchev–Trinajstić information content (AvgIpc) is 3.18. The fourth-order valence-electron chi connectivity index (χ4n) is 3.15. The Morgan fingerprint density at radius 2 is 1.94 bits per heavy atom. The molecule has 0 aliphatic carbocycles. The van der Waals surface area contributed by atoms with Crippen LogP contribution < -0.4 is 10.6 Å². The molecule has 0 saturated heterocycles. The van der Waals surface area contributed by atoms with Gasteiger partial charge in [-0.1, -0.05) is 65.9 Å². The third kappa shape index (κ3) is 6.31. The molecule has 1 atom stereocenters. The van der Waals surface area contributed by atoms with Crippen LogP contribution >= 0.6 is 11.8 Å². The Labute approximate surface area is 192 Å². The molecule has 2 amide bonds. The smallest absolute Gasteiger partial charge is 0.251 e. The highest BCUT2D eigenvalue weighted by Gasteiger charge is 2.16. The van der Waals surface area contributed by atoms with Gasteiger partial charge < -0.3 is 15.2 Å². The van der Waals surface area contributed by atoms with Crippen LogP contribution in [0.25, 0.3) is 0 Å². The van der Waals surface area contributed by atoms with Crippen molar-refractivity contribution in [2.45, 2.75) is 38.1 Å². The van der Waals surface area contributed by atoms with E-state index in [-0.39, 0.29) is 30.2 Å². The lowest BCUT2D eigenvalue weighted by Crippen LogP contribution is -2.28. The number of thioether (sulfide) groups is 1. The minimum Gasteiger partial charge on any atom is -0.349 e. The number of aryl methyl sites for hydroxylation is 1. The van der Waals surface area contributed by atoms with Gasteiger partial charge in [-0.05, 0) is 31.5 Å². The number of amides is 2. The van der Waals surface area contributed by atoms with Gasteiger partial charge in [-0.15, -0.1) is 16.8 Å². The molecular formula is C24H27N5O2S. The molecular weight excluding hydrogens is 422 g/mol. The molecule has 166 valence electrons. The Balaban J connectivity index is 1.58. The highest BCUT2D eigenvalue weighted by Crippen LogP contribution is 2.18. The van der Waals surface area contributed by atoms with Gasteiger partial charge in [-0.2, -0.15) is 0 Å². The van der Waals surface area contributed by atoms with Crippen molar-refractivity contribution in [2.75, 3.05) is 5.75 Å². The number of hydrogen-bond acceptors (Lipinski definition) is 5. The first-order chi connectivity index (χ1) is 15.5. The SMILES string of the molecule is C=CCn1c(CNC(=O)c2cccc(C)c2)nnc1SCC(=O)N[C@H](C)c1ccccc1. The lowest BCUT2D eigenvalue weighted by atomic mass is 10.1. The van der Waals surface area contributed by atoms with Crippen LogP contribution in [0.3, 0.4) is 0 Å². The number of rotatable bonds is 10. The Hall–Kier alpha value is -3.39. The first-order valence-electron chi connectivity index (χ1n) is 10.3. The van der Waals surface area contributed by atoms with E-state index in [1.807, 2.05) is 66.9 Å². The molecule has 0 unspecified atom stereocenters. The molecule has 0 radical (unpaired) electrons. The van der Waals surface area contributed by atoms with Gasteiger partial charge in [0.25, 0.3) is 5.91 Å². The molecule has 1 heterocycles. The molecule has 0 bridgehead atoms. The third-order valence-corrected chi connectivity index (χ3v) is 5.77. The van der Waals surface area contributed by atoms with Crippen molar-refractivity contribution in [3.63, 3.8) is 0 Å². The summed E-state index contributed by atoms with van der Waals surface area (Å²) in [5.74, 6) is 0.549. The second kappa shape index (κ2) is 11.3. The average molecular weight is 450 g/mol. The van der Waals surface area contributed by atoms with Gasteiger partial charge in [-0.25, -0.2) is 0 Å². The Morgan fingerprint density at radius 3 is 2.66 bits per heavy atom. The summed E-state index contributed by atoms with van der Waals surface area (Å²) in [6, 6.07) is 17.1. The summed E-state index contributed by atoms with van der Waals surface area (Å²) in [6.45, 7) is 8.39. The number of allylic oxidation sites excluding steroid dienone is 1. The summed E-state index contributed by atoms with van der Waals surface area (Å²) in [5, 5.41) is 14.9. The summed E-state index contributed by atoms with van der Waals surface area (Å²) in [4.78, 5) is 24.8. The molecule has 8 heteroatoms. The van der Waals surface area contributed by atoms with Crippen molar-refractivity contribution in [3.05, 3.63) is 89.8 Å². The van der Waals surface area contributed by atoms with E-state index in [0.29, 0.717) is 23.1 Å². The third-order valence-electron chi connectivity index (χ3n) is 4.80. The Kier molecular flexibility index (Phi) is 8.21. The summed E-state index contributed by atoms with van der Waals surface area (Å²) < 4.78 is 1.85. The van der Waals surface area contributed by atoms with Gasteiger partial charge in [0.1, 0.15) is 0 Å². The van der Waals surface area contributed by atoms with Crippen LogP contribution in [-0.4, -0.2) is 32.3 Å². The summed E-state index contributed by atoms with van der Waals surface area (Å²) in [6.07, 6.45) is 1.73. The number of carbonyl (C=O) groups is 2. The van der Waals surface area contributed by atoms with Gasteiger partial charge in [-0.3, -0.25) is 9.59 Å². The van der Waals surface area contributed by atoms with Crippen LogP contribution in [0.4, 0.5) is 0 Å². The molecule has 0 saturated carbocycles. The first-order valence-corrected chi connectivity index (χ1v) is 11.3. The predicted octanol–water partition coefficient (Wildman–Crippen LogP) is 3.67. The molecule has 0 aliphatic heterocycles. The van der Waals surface area contributed by atoms with E-state index in [4.69, 9.17) is 0 Å². The molecule has 3 rings (SSSR count). The largest absolute Gasteiger partial charge is 0.349 e. The van der Waals surface area contributed by atoms with Gasteiger partial charge in [0.2, 0.25) is 5.91 Å². The molecule has 7 nitrogen and oxygen atoms in total. The van der Waals surface area contributed by atoms with Crippen LogP contribution in [0, 0.1) is 6.92 Å². The van der Waals surface area contributed by atoms with E-state index >= 15 is 0 Å². The molecule has 0 spiro atoms. The first kappa shape index (κ1) is 23.3. The monoisotopic (exact) mass is 449 g/mol. The highest BCUT2D eigenvalue weighted by molar-refractivity contribution is 7.99. The normalized spacial score (nSPS) is 11.6. The summed E-state index contributed by atoms with van der Waals surface area (Å²) >= 11 is 1.30. The Morgan fingerprint density at radius 1 is 1.16 bits per heavy atom. The topological polar surface area (TPSA) is 88.9 Å². The minimum absolute atomic E-state index is 0.0808. The number of aromatic nitrogens is 3. The zero-order valence-electron chi connectivity index (χ0n) is 18.2. The van der Waals surface area contributed by atoms with Crippen molar-refractivity contribution < 1.29 is 9.59 Å². The zero-order chi connectivity index (χ0) is 22.9. The van der Waals surface area contributed by atoms with Gasteiger partial charge in [0.15, 0.2) is 11.0 Å². The maximum Gasteiger partial charge on any atom is 0.251 e. The van der Waals surface area contributed by atoms with Crippen LogP contribution in [0.15, 0.2) is 72.4 Å². The Bertz CT molecular complexity index is 1080.